The van der Waals surface area contributed by atoms with Crippen LogP contribution in [0.4, 0.5) is 0 Å². The van der Waals surface area contributed by atoms with E-state index >= 15 is 0 Å². The Labute approximate surface area is 111 Å². The number of hydrogen-bond acceptors (Lipinski definition) is 4. The first-order chi connectivity index (χ1) is 8.16. The quantitative estimate of drug-likeness (QED) is 0.868. The molecule has 17 heavy (non-hydrogen) atoms. The molecule has 0 unspecified atom stereocenters. The van der Waals surface area contributed by atoms with E-state index in [1.165, 1.54) is 12.1 Å². The zero-order valence-corrected chi connectivity index (χ0v) is 10.7. The second-order valence-corrected chi connectivity index (χ2v) is 4.25. The second kappa shape index (κ2) is 5.09. The molecule has 0 aliphatic heterocycles. The molecule has 0 saturated carbocycles. The summed E-state index contributed by atoms with van der Waals surface area (Å²) in [5.41, 5.74) is 0.163. The predicted octanol–water partition coefficient (Wildman–Crippen LogP) is 2.57. The maximum absolute atomic E-state index is 10.8. The van der Waals surface area contributed by atoms with E-state index in [0.29, 0.717) is 5.75 Å². The van der Waals surface area contributed by atoms with Gasteiger partial charge in [-0.2, -0.15) is 0 Å². The molecule has 2 aromatic rings. The molecular formula is C11H7IN2O3. The summed E-state index contributed by atoms with van der Waals surface area (Å²) in [7, 11) is 0. The van der Waals surface area contributed by atoms with Gasteiger partial charge in [0.15, 0.2) is 0 Å². The number of carboxylic acids is 1. The molecule has 1 N–H and O–H groups in total. The number of aromatic carboxylic acids is 1. The summed E-state index contributed by atoms with van der Waals surface area (Å²) < 4.78 is 6.20. The number of hydrogen-bond donors (Lipinski definition) is 1. The van der Waals surface area contributed by atoms with Crippen LogP contribution in [0.3, 0.4) is 0 Å². The van der Waals surface area contributed by atoms with Crippen molar-refractivity contribution >= 4 is 28.6 Å². The highest BCUT2D eigenvalue weighted by Crippen LogP contribution is 2.25. The summed E-state index contributed by atoms with van der Waals surface area (Å²) in [6.45, 7) is 0. The van der Waals surface area contributed by atoms with Crippen LogP contribution < -0.4 is 4.74 Å². The molecule has 5 nitrogen and oxygen atoms in total. The molecule has 0 fully saturated rings. The molecule has 0 atom stereocenters. The lowest BCUT2D eigenvalue weighted by Gasteiger charge is -2.06. The number of carbonyl (C=O) groups is 1. The Kier molecular flexibility index (Phi) is 3.52. The molecule has 1 heterocycles. The summed E-state index contributed by atoms with van der Waals surface area (Å²) in [4.78, 5) is 18.6. The van der Waals surface area contributed by atoms with Crippen LogP contribution in [0.5, 0.6) is 11.8 Å². The number of rotatable bonds is 3. The van der Waals surface area contributed by atoms with Gasteiger partial charge >= 0.3 is 12.0 Å². The van der Waals surface area contributed by atoms with E-state index in [9.17, 15) is 4.79 Å². The van der Waals surface area contributed by atoms with Crippen LogP contribution in [-0.4, -0.2) is 21.0 Å². The van der Waals surface area contributed by atoms with Gasteiger partial charge < -0.3 is 9.84 Å². The lowest BCUT2D eigenvalue weighted by Crippen LogP contribution is -1.98. The topological polar surface area (TPSA) is 72.3 Å². The van der Waals surface area contributed by atoms with Gasteiger partial charge in [-0.1, -0.05) is 0 Å². The van der Waals surface area contributed by atoms with Gasteiger partial charge in [-0.05, 0) is 46.9 Å². The van der Waals surface area contributed by atoms with Gasteiger partial charge in [0.1, 0.15) is 5.75 Å². The van der Waals surface area contributed by atoms with Gasteiger partial charge in [-0.25, -0.2) is 14.8 Å². The lowest BCUT2D eigenvalue weighted by atomic mass is 10.2. The molecule has 1 aromatic heterocycles. The first-order valence-electron chi connectivity index (χ1n) is 4.64. The molecule has 1 aromatic carbocycles. The Morgan fingerprint density at radius 3 is 2.65 bits per heavy atom. The predicted molar refractivity (Wildman–Crippen MR) is 68.2 cm³/mol. The van der Waals surface area contributed by atoms with Gasteiger partial charge in [0.25, 0.3) is 0 Å². The van der Waals surface area contributed by atoms with E-state index in [-0.39, 0.29) is 11.6 Å². The number of carboxylic acid groups (broad SMARTS) is 1. The highest BCUT2D eigenvalue weighted by Gasteiger charge is 2.09. The first-order valence-corrected chi connectivity index (χ1v) is 5.72. The average Bonchev–Trinajstić information content (AvgIpc) is 2.33. The lowest BCUT2D eigenvalue weighted by molar-refractivity contribution is 0.0696. The second-order valence-electron chi connectivity index (χ2n) is 3.08. The third-order valence-electron chi connectivity index (χ3n) is 1.92. The minimum absolute atomic E-state index is 0.163. The van der Waals surface area contributed by atoms with Crippen molar-refractivity contribution in [2.75, 3.05) is 0 Å². The van der Waals surface area contributed by atoms with Crippen molar-refractivity contribution in [3.8, 4) is 11.8 Å². The number of halogens is 1. The van der Waals surface area contributed by atoms with Gasteiger partial charge in [-0.3, -0.25) is 0 Å². The molecule has 0 aliphatic carbocycles. The van der Waals surface area contributed by atoms with E-state index in [1.807, 2.05) is 0 Å². The SMILES string of the molecule is O=C(O)c1ccc(I)c(Oc2ncccn2)c1. The Morgan fingerprint density at radius 2 is 2.00 bits per heavy atom. The fourth-order valence-electron chi connectivity index (χ4n) is 1.15. The van der Waals surface area contributed by atoms with Crippen molar-refractivity contribution in [2.24, 2.45) is 0 Å². The Bertz CT molecular complexity index is 546. The van der Waals surface area contributed by atoms with Crippen LogP contribution >= 0.6 is 22.6 Å². The van der Waals surface area contributed by atoms with Crippen molar-refractivity contribution in [1.82, 2.24) is 9.97 Å². The van der Waals surface area contributed by atoms with Crippen LogP contribution in [0.25, 0.3) is 0 Å². The number of nitrogens with zero attached hydrogens (tertiary/aromatic N) is 2. The Hall–Kier alpha value is -1.70. The zero-order chi connectivity index (χ0) is 12.3. The molecule has 0 amide bonds. The normalized spacial score (nSPS) is 9.94. The van der Waals surface area contributed by atoms with Crippen molar-refractivity contribution in [3.05, 3.63) is 45.8 Å². The maximum atomic E-state index is 10.8. The zero-order valence-electron chi connectivity index (χ0n) is 8.50. The molecule has 0 aliphatic rings. The van der Waals surface area contributed by atoms with E-state index in [2.05, 4.69) is 32.6 Å². The van der Waals surface area contributed by atoms with Gasteiger partial charge in [-0.15, -0.1) is 0 Å². The Morgan fingerprint density at radius 1 is 1.29 bits per heavy atom. The first kappa shape index (κ1) is 11.8. The molecular weight excluding hydrogens is 335 g/mol. The minimum atomic E-state index is -1.000. The molecule has 0 radical (unpaired) electrons. The molecule has 86 valence electrons. The third-order valence-corrected chi connectivity index (χ3v) is 2.81. The third kappa shape index (κ3) is 2.90. The van der Waals surface area contributed by atoms with E-state index in [0.717, 1.165) is 3.57 Å². The van der Waals surface area contributed by atoms with Crippen molar-refractivity contribution < 1.29 is 14.6 Å². The maximum Gasteiger partial charge on any atom is 0.335 e. The van der Waals surface area contributed by atoms with Crippen LogP contribution in [0, 0.1) is 3.57 Å². The van der Waals surface area contributed by atoms with Gasteiger partial charge in [0, 0.05) is 12.4 Å². The molecule has 0 saturated heterocycles. The average molecular weight is 342 g/mol. The molecule has 6 heteroatoms. The highest BCUT2D eigenvalue weighted by molar-refractivity contribution is 14.1. The number of ether oxygens (including phenoxy) is 1. The summed E-state index contributed by atoms with van der Waals surface area (Å²) in [5.74, 6) is -0.572. The fraction of sp³-hybridized carbons (Fsp3) is 0. The number of aromatic nitrogens is 2. The Balaban J connectivity index is 2.32. The van der Waals surface area contributed by atoms with Crippen molar-refractivity contribution in [2.45, 2.75) is 0 Å². The standard InChI is InChI=1S/C11H7IN2O3/c12-8-3-2-7(10(15)16)6-9(8)17-11-13-4-1-5-14-11/h1-6H,(H,15,16). The fourth-order valence-corrected chi connectivity index (χ4v) is 1.60. The smallest absolute Gasteiger partial charge is 0.335 e. The summed E-state index contributed by atoms with van der Waals surface area (Å²) in [6, 6.07) is 6.49. The summed E-state index contributed by atoms with van der Waals surface area (Å²) in [6.07, 6.45) is 3.10. The molecule has 0 spiro atoms. The van der Waals surface area contributed by atoms with Crippen LogP contribution in [0.15, 0.2) is 36.7 Å². The van der Waals surface area contributed by atoms with Crippen molar-refractivity contribution in [1.29, 1.82) is 0 Å². The van der Waals surface area contributed by atoms with Crippen LogP contribution in [-0.2, 0) is 0 Å². The molecule has 0 bridgehead atoms. The summed E-state index contributed by atoms with van der Waals surface area (Å²) >= 11 is 2.05. The van der Waals surface area contributed by atoms with Crippen LogP contribution in [0.1, 0.15) is 10.4 Å². The number of benzene rings is 1. The van der Waals surface area contributed by atoms with Gasteiger partial charge in [0.2, 0.25) is 0 Å². The van der Waals surface area contributed by atoms with E-state index in [1.54, 1.807) is 24.5 Å². The summed E-state index contributed by atoms with van der Waals surface area (Å²) in [5, 5.41) is 8.88. The highest BCUT2D eigenvalue weighted by atomic mass is 127. The van der Waals surface area contributed by atoms with E-state index in [4.69, 9.17) is 9.84 Å². The van der Waals surface area contributed by atoms with Crippen LogP contribution in [0.2, 0.25) is 0 Å². The monoisotopic (exact) mass is 342 g/mol. The molecule has 2 rings (SSSR count). The van der Waals surface area contributed by atoms with E-state index < -0.39 is 5.97 Å². The van der Waals surface area contributed by atoms with Gasteiger partial charge in [0.05, 0.1) is 9.13 Å². The largest absolute Gasteiger partial charge is 0.478 e. The van der Waals surface area contributed by atoms with Crippen molar-refractivity contribution in [3.63, 3.8) is 0 Å². The minimum Gasteiger partial charge on any atom is -0.478 e.